The van der Waals surface area contributed by atoms with Crippen molar-refractivity contribution in [3.05, 3.63) is 58.6 Å². The SMILES string of the molecule is Cc1[c-]c(C(=[N-])NC(C)(C)C)cnc1-c1ccccc1C.[W+2]. The van der Waals surface area contributed by atoms with Crippen molar-refractivity contribution in [1.82, 2.24) is 10.3 Å². The van der Waals surface area contributed by atoms with E-state index in [0.29, 0.717) is 5.56 Å². The molecule has 0 bridgehead atoms. The molecule has 114 valence electrons. The van der Waals surface area contributed by atoms with E-state index in [1.165, 1.54) is 5.56 Å². The van der Waals surface area contributed by atoms with Crippen LogP contribution in [0.5, 0.6) is 0 Å². The summed E-state index contributed by atoms with van der Waals surface area (Å²) in [6, 6.07) is 11.3. The third kappa shape index (κ3) is 4.51. The fourth-order valence-electron chi connectivity index (χ4n) is 2.17. The van der Waals surface area contributed by atoms with E-state index < -0.39 is 0 Å². The number of nitrogens with zero attached hydrogens (tertiary/aromatic N) is 2. The average Bonchev–Trinajstić information content (AvgIpc) is 2.38. The van der Waals surface area contributed by atoms with Crippen LogP contribution in [0.2, 0.25) is 0 Å². The summed E-state index contributed by atoms with van der Waals surface area (Å²) in [5.41, 5.74) is 4.47. The molecule has 0 amide bonds. The number of pyridine rings is 1. The molecule has 1 N–H and O–H groups in total. The van der Waals surface area contributed by atoms with Crippen LogP contribution in [0.15, 0.2) is 30.5 Å². The molecule has 0 radical (unpaired) electrons. The largest absolute Gasteiger partial charge is 2.00 e. The predicted molar refractivity (Wildman–Crippen MR) is 88.3 cm³/mol. The first-order valence-corrected chi connectivity index (χ1v) is 7.07. The minimum absolute atomic E-state index is 0. The molecule has 2 rings (SSSR count). The van der Waals surface area contributed by atoms with Crippen molar-refractivity contribution < 1.29 is 21.1 Å². The van der Waals surface area contributed by atoms with Crippen LogP contribution in [0.1, 0.15) is 37.5 Å². The molecule has 4 heteroatoms. The molecular weight excluding hydrogens is 442 g/mol. The Kier molecular flexibility index (Phi) is 6.07. The maximum absolute atomic E-state index is 10.1. The Morgan fingerprint density at radius 3 is 2.36 bits per heavy atom. The van der Waals surface area contributed by atoms with Gasteiger partial charge in [0.25, 0.3) is 0 Å². The number of rotatable bonds is 2. The third-order valence-corrected chi connectivity index (χ3v) is 3.15. The van der Waals surface area contributed by atoms with E-state index in [-0.39, 0.29) is 32.4 Å². The van der Waals surface area contributed by atoms with Crippen molar-refractivity contribution in [1.29, 1.82) is 0 Å². The van der Waals surface area contributed by atoms with Gasteiger partial charge >= 0.3 is 21.1 Å². The summed E-state index contributed by atoms with van der Waals surface area (Å²) in [7, 11) is 0. The smallest absolute Gasteiger partial charge is 0.521 e. The Hall–Kier alpha value is -1.47. The number of amidine groups is 1. The second-order valence-electron chi connectivity index (χ2n) is 6.31. The van der Waals surface area contributed by atoms with Gasteiger partial charge in [0.2, 0.25) is 0 Å². The normalized spacial score (nSPS) is 10.8. The monoisotopic (exact) mass is 463 g/mol. The zero-order valence-electron chi connectivity index (χ0n) is 13.7. The molecule has 0 saturated heterocycles. The number of aryl methyl sites for hydroxylation is 2. The van der Waals surface area contributed by atoms with Gasteiger partial charge in [-0.05, 0) is 23.7 Å². The maximum atomic E-state index is 10.1. The number of hydrogen-bond donors (Lipinski definition) is 1. The van der Waals surface area contributed by atoms with E-state index in [9.17, 15) is 5.41 Å². The summed E-state index contributed by atoms with van der Waals surface area (Å²) in [4.78, 5) is 4.51. The number of nitrogens with one attached hydrogen (secondary N) is 1. The van der Waals surface area contributed by atoms with E-state index in [1.54, 1.807) is 6.20 Å². The van der Waals surface area contributed by atoms with Gasteiger partial charge in [-0.1, -0.05) is 63.7 Å². The molecule has 1 aromatic heterocycles. The molecule has 0 fully saturated rings. The summed E-state index contributed by atoms with van der Waals surface area (Å²) >= 11 is 0. The zero-order chi connectivity index (χ0) is 15.6. The molecule has 1 aromatic carbocycles. The van der Waals surface area contributed by atoms with Crippen molar-refractivity contribution in [2.24, 2.45) is 0 Å². The van der Waals surface area contributed by atoms with Gasteiger partial charge in [0.15, 0.2) is 0 Å². The minimum Gasteiger partial charge on any atom is -0.521 e. The number of aromatic nitrogens is 1. The van der Waals surface area contributed by atoms with Gasteiger partial charge in [0.1, 0.15) is 0 Å². The Morgan fingerprint density at radius 1 is 1.18 bits per heavy atom. The quantitative estimate of drug-likeness (QED) is 0.418. The zero-order valence-corrected chi connectivity index (χ0v) is 16.6. The first-order chi connectivity index (χ1) is 9.78. The van der Waals surface area contributed by atoms with Crippen LogP contribution in [0.25, 0.3) is 16.7 Å². The average molecular weight is 463 g/mol. The molecule has 0 atom stereocenters. The van der Waals surface area contributed by atoms with Gasteiger partial charge in [-0.2, -0.15) is 5.84 Å². The van der Waals surface area contributed by atoms with Crippen molar-refractivity contribution in [3.63, 3.8) is 0 Å². The van der Waals surface area contributed by atoms with Crippen LogP contribution in [-0.4, -0.2) is 16.4 Å². The van der Waals surface area contributed by atoms with Crippen LogP contribution in [0.4, 0.5) is 0 Å². The summed E-state index contributed by atoms with van der Waals surface area (Å²) < 4.78 is 0. The van der Waals surface area contributed by atoms with Gasteiger partial charge in [0, 0.05) is 0 Å². The van der Waals surface area contributed by atoms with Gasteiger partial charge in [-0.3, -0.25) is 0 Å². The minimum atomic E-state index is -0.208. The summed E-state index contributed by atoms with van der Waals surface area (Å²) in [6.07, 6.45) is 1.66. The van der Waals surface area contributed by atoms with Crippen molar-refractivity contribution in [2.45, 2.75) is 40.2 Å². The Morgan fingerprint density at radius 2 is 1.82 bits per heavy atom. The third-order valence-electron chi connectivity index (χ3n) is 3.15. The molecule has 0 aliphatic rings. The van der Waals surface area contributed by atoms with Crippen molar-refractivity contribution in [3.8, 4) is 11.3 Å². The number of hydrogen-bond acceptors (Lipinski definition) is 1. The topological polar surface area (TPSA) is 47.2 Å². The van der Waals surface area contributed by atoms with E-state index in [2.05, 4.69) is 35.4 Å². The second kappa shape index (κ2) is 7.19. The predicted octanol–water partition coefficient (Wildman–Crippen LogP) is 3.87. The van der Waals surface area contributed by atoms with Crippen LogP contribution >= 0.6 is 0 Å². The summed E-state index contributed by atoms with van der Waals surface area (Å²) in [5.74, 6) is 0.106. The Labute approximate surface area is 147 Å². The van der Waals surface area contributed by atoms with Gasteiger partial charge in [-0.25, -0.2) is 0 Å². The molecule has 2 aromatic rings. The first-order valence-electron chi connectivity index (χ1n) is 7.07. The van der Waals surface area contributed by atoms with E-state index in [4.69, 9.17) is 0 Å². The molecule has 0 aliphatic heterocycles. The molecular formula is C18H21N3W. The van der Waals surface area contributed by atoms with Gasteiger partial charge in [0.05, 0.1) is 0 Å². The Bertz CT molecular complexity index is 672. The summed E-state index contributed by atoms with van der Waals surface area (Å²) in [5, 5.41) is 13.2. The molecule has 22 heavy (non-hydrogen) atoms. The van der Waals surface area contributed by atoms with Crippen molar-refractivity contribution in [2.75, 3.05) is 0 Å². The molecule has 0 aliphatic carbocycles. The molecule has 3 nitrogen and oxygen atoms in total. The second-order valence-corrected chi connectivity index (χ2v) is 6.31. The summed E-state index contributed by atoms with van der Waals surface area (Å²) in [6.45, 7) is 10.00. The molecule has 0 saturated carbocycles. The van der Waals surface area contributed by atoms with E-state index in [1.807, 2.05) is 39.8 Å². The maximum Gasteiger partial charge on any atom is 2.00 e. The van der Waals surface area contributed by atoms with Gasteiger partial charge < -0.3 is 15.7 Å². The fourth-order valence-corrected chi connectivity index (χ4v) is 2.17. The fraction of sp³-hybridized carbons (Fsp3) is 0.333. The number of benzene rings is 1. The van der Waals surface area contributed by atoms with E-state index >= 15 is 0 Å². The van der Waals surface area contributed by atoms with Gasteiger partial charge in [-0.15, -0.1) is 17.2 Å². The van der Waals surface area contributed by atoms with Crippen LogP contribution in [0.3, 0.4) is 0 Å². The molecule has 0 spiro atoms. The Balaban J connectivity index is 0.00000242. The molecule has 0 unspecified atom stereocenters. The van der Waals surface area contributed by atoms with Crippen molar-refractivity contribution >= 4 is 5.84 Å². The van der Waals surface area contributed by atoms with E-state index in [0.717, 1.165) is 16.8 Å². The van der Waals surface area contributed by atoms with Crippen LogP contribution in [0, 0.1) is 19.9 Å². The van der Waals surface area contributed by atoms with Crippen LogP contribution in [-0.2, 0) is 21.1 Å². The standard InChI is InChI=1S/C18H21N3.W/c1-12-8-6-7-9-15(12)16-13(2)10-14(11-20-16)17(19)21-18(3,4)5;/h6-9,11H,1-5H3,(H-,19,21);/q-2;+2. The first kappa shape index (κ1) is 18.6. The van der Waals surface area contributed by atoms with Crippen LogP contribution < -0.4 is 5.32 Å². The molecule has 1 heterocycles.